The minimum Gasteiger partial charge on any atom is -0.494 e. The number of fused-ring (bicyclic) bond motifs is 1. The normalized spacial score (nSPS) is 24.3. The Morgan fingerprint density at radius 2 is 1.70 bits per heavy atom. The Kier molecular flexibility index (Phi) is 6.99. The number of piperidine rings is 1. The van der Waals surface area contributed by atoms with E-state index < -0.39 is 0 Å². The molecule has 0 N–H and O–H groups in total. The summed E-state index contributed by atoms with van der Waals surface area (Å²) in [5.41, 5.74) is 3.92. The average Bonchev–Trinajstić information content (AvgIpc) is 3.43. The van der Waals surface area contributed by atoms with Crippen molar-refractivity contribution >= 4 is 5.69 Å². The first-order valence-electron chi connectivity index (χ1n) is 12.8. The van der Waals surface area contributed by atoms with Crippen molar-refractivity contribution in [3.63, 3.8) is 0 Å². The molecule has 33 heavy (non-hydrogen) atoms. The lowest BCUT2D eigenvalue weighted by molar-refractivity contribution is -0.0233. The van der Waals surface area contributed by atoms with Crippen molar-refractivity contribution in [2.45, 2.75) is 57.0 Å². The number of rotatable bonds is 7. The molecule has 5 rings (SSSR count). The molecule has 1 unspecified atom stereocenters. The number of hydrogen-bond donors (Lipinski definition) is 0. The van der Waals surface area contributed by atoms with E-state index in [-0.39, 0.29) is 5.41 Å². The lowest BCUT2D eigenvalue weighted by Crippen LogP contribution is -2.52. The first kappa shape index (κ1) is 22.4. The number of nitrogens with zero attached hydrogens (tertiary/aromatic N) is 2. The smallest absolute Gasteiger partial charge is 0.187 e. The standard InChI is InChI=1S/C29H36N2O2/c1-30-26-11-13-27(14-12-26)33-20-6-17-31-18-15-25(16-19-31)29(24-8-3-4-9-24)22-32-21-23-7-2-5-10-28(23)29/h2,5,7,10-14,24-25H,3-4,6,8-9,15-22H2. The van der Waals surface area contributed by atoms with E-state index in [0.717, 1.165) is 50.4 Å². The molecule has 4 nitrogen and oxygen atoms in total. The molecular weight excluding hydrogens is 408 g/mol. The number of hydrogen-bond acceptors (Lipinski definition) is 3. The highest BCUT2D eigenvalue weighted by molar-refractivity contribution is 5.47. The zero-order chi connectivity index (χ0) is 22.5. The molecule has 3 aliphatic rings. The topological polar surface area (TPSA) is 26.1 Å². The van der Waals surface area contributed by atoms with Crippen molar-refractivity contribution in [1.29, 1.82) is 0 Å². The van der Waals surface area contributed by atoms with E-state index in [0.29, 0.717) is 5.69 Å². The van der Waals surface area contributed by atoms with Crippen LogP contribution >= 0.6 is 0 Å². The van der Waals surface area contributed by atoms with Gasteiger partial charge in [-0.3, -0.25) is 0 Å². The minimum absolute atomic E-state index is 0.220. The summed E-state index contributed by atoms with van der Waals surface area (Å²) in [5, 5.41) is 0. The lowest BCUT2D eigenvalue weighted by Gasteiger charge is -2.51. The molecule has 2 heterocycles. The molecular formula is C29H36N2O2. The maximum atomic E-state index is 7.04. The first-order chi connectivity index (χ1) is 16.3. The number of ether oxygens (including phenoxy) is 2. The third kappa shape index (κ3) is 4.67. The Balaban J connectivity index is 1.17. The summed E-state index contributed by atoms with van der Waals surface area (Å²) in [6.45, 7) is 12.9. The van der Waals surface area contributed by atoms with E-state index >= 15 is 0 Å². The van der Waals surface area contributed by atoms with Gasteiger partial charge in [0.1, 0.15) is 5.75 Å². The van der Waals surface area contributed by atoms with Crippen LogP contribution in [0.2, 0.25) is 0 Å². The zero-order valence-corrected chi connectivity index (χ0v) is 19.7. The van der Waals surface area contributed by atoms with E-state index in [1.165, 1.54) is 57.2 Å². The summed E-state index contributed by atoms with van der Waals surface area (Å²) < 4.78 is 12.2. The Morgan fingerprint density at radius 1 is 0.970 bits per heavy atom. The number of benzene rings is 2. The van der Waals surface area contributed by atoms with Gasteiger partial charge >= 0.3 is 0 Å². The van der Waals surface area contributed by atoms with Crippen molar-refractivity contribution < 1.29 is 9.47 Å². The molecule has 4 heteroatoms. The van der Waals surface area contributed by atoms with Gasteiger partial charge in [-0.2, -0.15) is 0 Å². The van der Waals surface area contributed by atoms with Crippen LogP contribution in [-0.2, 0) is 16.8 Å². The van der Waals surface area contributed by atoms with Crippen LogP contribution in [0, 0.1) is 18.4 Å². The fourth-order valence-corrected chi connectivity index (χ4v) is 6.72. The zero-order valence-electron chi connectivity index (χ0n) is 19.7. The van der Waals surface area contributed by atoms with Crippen molar-refractivity contribution in [1.82, 2.24) is 4.90 Å². The fraction of sp³-hybridized carbons (Fsp3) is 0.552. The Morgan fingerprint density at radius 3 is 2.45 bits per heavy atom. The van der Waals surface area contributed by atoms with Crippen molar-refractivity contribution in [3.8, 4) is 5.75 Å². The molecule has 2 fully saturated rings. The summed E-state index contributed by atoms with van der Waals surface area (Å²) in [5.74, 6) is 2.35. The van der Waals surface area contributed by atoms with Crippen LogP contribution in [0.25, 0.3) is 4.85 Å². The van der Waals surface area contributed by atoms with Crippen LogP contribution in [0.5, 0.6) is 5.75 Å². The molecule has 1 aliphatic carbocycles. The second-order valence-corrected chi connectivity index (χ2v) is 10.1. The van der Waals surface area contributed by atoms with Crippen molar-refractivity contribution in [2.24, 2.45) is 11.8 Å². The van der Waals surface area contributed by atoms with Crippen LogP contribution in [0.15, 0.2) is 48.5 Å². The van der Waals surface area contributed by atoms with Gasteiger partial charge in [-0.25, -0.2) is 4.85 Å². The van der Waals surface area contributed by atoms with Gasteiger partial charge in [-0.05, 0) is 80.3 Å². The van der Waals surface area contributed by atoms with E-state index in [1.54, 1.807) is 5.56 Å². The summed E-state index contributed by atoms with van der Waals surface area (Å²) in [6, 6.07) is 16.6. The van der Waals surface area contributed by atoms with Crippen molar-refractivity contribution in [2.75, 3.05) is 32.8 Å². The molecule has 2 aromatic rings. The minimum atomic E-state index is 0.220. The predicted molar refractivity (Wildman–Crippen MR) is 132 cm³/mol. The van der Waals surface area contributed by atoms with E-state index in [2.05, 4.69) is 34.0 Å². The maximum absolute atomic E-state index is 7.04. The summed E-state index contributed by atoms with van der Waals surface area (Å²) >= 11 is 0. The fourth-order valence-electron chi connectivity index (χ4n) is 6.72. The third-order valence-electron chi connectivity index (χ3n) is 8.37. The monoisotopic (exact) mass is 444 g/mol. The van der Waals surface area contributed by atoms with Gasteiger partial charge in [-0.15, -0.1) is 0 Å². The lowest BCUT2D eigenvalue weighted by atomic mass is 9.58. The van der Waals surface area contributed by atoms with Gasteiger partial charge in [0.2, 0.25) is 0 Å². The molecule has 1 saturated carbocycles. The predicted octanol–water partition coefficient (Wildman–Crippen LogP) is 6.38. The van der Waals surface area contributed by atoms with Gasteiger partial charge in [0, 0.05) is 12.0 Å². The molecule has 0 radical (unpaired) electrons. The van der Waals surface area contributed by atoms with E-state index in [1.807, 2.05) is 24.3 Å². The Bertz CT molecular complexity index is 952. The van der Waals surface area contributed by atoms with Gasteiger partial charge < -0.3 is 14.4 Å². The van der Waals surface area contributed by atoms with Gasteiger partial charge in [0.15, 0.2) is 5.69 Å². The molecule has 174 valence electrons. The summed E-state index contributed by atoms with van der Waals surface area (Å²) in [7, 11) is 0. The molecule has 0 spiro atoms. The molecule has 1 atom stereocenters. The molecule has 1 saturated heterocycles. The van der Waals surface area contributed by atoms with E-state index in [4.69, 9.17) is 16.0 Å². The average molecular weight is 445 g/mol. The SMILES string of the molecule is [C-]#[N+]c1ccc(OCCCN2CCC(C3(C4CCCC4)COCc4ccccc43)CC2)cc1. The Hall–Kier alpha value is -2.35. The second kappa shape index (κ2) is 10.3. The third-order valence-corrected chi connectivity index (χ3v) is 8.37. The van der Waals surface area contributed by atoms with Crippen LogP contribution in [0.3, 0.4) is 0 Å². The second-order valence-electron chi connectivity index (χ2n) is 10.1. The highest BCUT2D eigenvalue weighted by atomic mass is 16.5. The Labute approximate surface area is 198 Å². The molecule has 2 aromatic carbocycles. The quantitative estimate of drug-likeness (QED) is 0.366. The molecule has 0 bridgehead atoms. The van der Waals surface area contributed by atoms with Crippen LogP contribution < -0.4 is 4.74 Å². The maximum Gasteiger partial charge on any atom is 0.187 e. The van der Waals surface area contributed by atoms with Crippen LogP contribution in [0.1, 0.15) is 56.1 Å². The number of likely N-dealkylation sites (tertiary alicyclic amines) is 1. The van der Waals surface area contributed by atoms with Crippen LogP contribution in [0.4, 0.5) is 5.69 Å². The molecule has 2 aliphatic heterocycles. The van der Waals surface area contributed by atoms with E-state index in [9.17, 15) is 0 Å². The highest BCUT2D eigenvalue weighted by Crippen LogP contribution is 2.52. The first-order valence-corrected chi connectivity index (χ1v) is 12.8. The van der Waals surface area contributed by atoms with Crippen LogP contribution in [-0.4, -0.2) is 37.7 Å². The van der Waals surface area contributed by atoms with Gasteiger partial charge in [0.05, 0.1) is 26.4 Å². The van der Waals surface area contributed by atoms with Gasteiger partial charge in [0.25, 0.3) is 0 Å². The highest BCUT2D eigenvalue weighted by Gasteiger charge is 2.50. The summed E-state index contributed by atoms with van der Waals surface area (Å²) in [6.07, 6.45) is 9.08. The summed E-state index contributed by atoms with van der Waals surface area (Å²) in [4.78, 5) is 6.06. The largest absolute Gasteiger partial charge is 0.494 e. The van der Waals surface area contributed by atoms with Crippen molar-refractivity contribution in [3.05, 3.63) is 71.1 Å². The molecule has 0 aromatic heterocycles. The van der Waals surface area contributed by atoms with Gasteiger partial charge in [-0.1, -0.05) is 49.2 Å². The molecule has 0 amide bonds.